The molecular weight excluding hydrogens is 136 g/mol. The Kier molecular flexibility index (Phi) is 3.92. The van der Waals surface area contributed by atoms with E-state index in [-0.39, 0.29) is 0 Å². The highest BCUT2D eigenvalue weighted by Gasteiger charge is 2.18. The maximum absolute atomic E-state index is 5.63. The van der Waals surface area contributed by atoms with Crippen LogP contribution >= 0.6 is 0 Å². The highest BCUT2D eigenvalue weighted by molar-refractivity contribution is 4.90. The van der Waals surface area contributed by atoms with Crippen LogP contribution in [0, 0.1) is 5.92 Å². The predicted octanol–water partition coefficient (Wildman–Crippen LogP) is 2.95. The third-order valence-electron chi connectivity index (χ3n) is 2.34. The van der Waals surface area contributed by atoms with Gasteiger partial charge in [0.1, 0.15) is 0 Å². The van der Waals surface area contributed by atoms with Crippen molar-refractivity contribution in [2.45, 2.75) is 52.1 Å². The second-order valence-corrected chi connectivity index (χ2v) is 3.55. The first kappa shape index (κ1) is 9.05. The van der Waals surface area contributed by atoms with Gasteiger partial charge in [-0.2, -0.15) is 0 Å². The van der Waals surface area contributed by atoms with Crippen LogP contribution in [-0.2, 0) is 4.74 Å². The molecule has 1 aliphatic rings. The van der Waals surface area contributed by atoms with Crippen molar-refractivity contribution >= 4 is 0 Å². The summed E-state index contributed by atoms with van der Waals surface area (Å²) in [6.45, 7) is 5.45. The Morgan fingerprint density at radius 2 is 2.36 bits per heavy atom. The Labute approximate surface area is 70.1 Å². The minimum atomic E-state index is 0.545. The average Bonchev–Trinajstić information content (AvgIpc) is 2.01. The number of hydrogen-bond donors (Lipinski definition) is 0. The number of unbranched alkanes of at least 4 members (excludes halogenated alkanes) is 1. The first-order valence-electron chi connectivity index (χ1n) is 4.76. The van der Waals surface area contributed by atoms with Crippen molar-refractivity contribution in [2.75, 3.05) is 6.61 Å². The van der Waals surface area contributed by atoms with Crippen molar-refractivity contribution in [3.05, 3.63) is 5.92 Å². The Hall–Kier alpha value is -0.0400. The Morgan fingerprint density at radius 1 is 1.55 bits per heavy atom. The third-order valence-corrected chi connectivity index (χ3v) is 2.34. The Balaban J connectivity index is 2.12. The van der Waals surface area contributed by atoms with Gasteiger partial charge in [-0.1, -0.05) is 26.7 Å². The molecule has 0 bridgehead atoms. The van der Waals surface area contributed by atoms with Crippen LogP contribution < -0.4 is 0 Å². The van der Waals surface area contributed by atoms with Crippen molar-refractivity contribution < 1.29 is 4.74 Å². The van der Waals surface area contributed by atoms with Crippen LogP contribution in [0.1, 0.15) is 46.0 Å². The Bertz CT molecular complexity index is 101. The van der Waals surface area contributed by atoms with E-state index < -0.39 is 0 Å². The molecule has 0 aliphatic carbocycles. The Morgan fingerprint density at radius 3 is 3.00 bits per heavy atom. The molecule has 0 aromatic rings. The lowest BCUT2D eigenvalue weighted by atomic mass is 9.95. The van der Waals surface area contributed by atoms with Crippen molar-refractivity contribution in [3.63, 3.8) is 0 Å². The molecule has 1 aliphatic heterocycles. The van der Waals surface area contributed by atoms with Crippen LogP contribution in [0.5, 0.6) is 0 Å². The van der Waals surface area contributed by atoms with Gasteiger partial charge in [-0.3, -0.25) is 0 Å². The van der Waals surface area contributed by atoms with Crippen LogP contribution in [0.15, 0.2) is 0 Å². The molecule has 1 nitrogen and oxygen atoms in total. The van der Waals surface area contributed by atoms with E-state index in [0.717, 1.165) is 6.61 Å². The van der Waals surface area contributed by atoms with Crippen molar-refractivity contribution in [1.29, 1.82) is 0 Å². The minimum Gasteiger partial charge on any atom is -0.378 e. The molecule has 1 atom stereocenters. The van der Waals surface area contributed by atoms with E-state index in [1.165, 1.54) is 32.1 Å². The van der Waals surface area contributed by atoms with Gasteiger partial charge < -0.3 is 4.74 Å². The van der Waals surface area contributed by atoms with E-state index in [0.29, 0.717) is 6.10 Å². The van der Waals surface area contributed by atoms with Crippen molar-refractivity contribution in [3.8, 4) is 0 Å². The second kappa shape index (κ2) is 4.76. The third kappa shape index (κ3) is 3.24. The van der Waals surface area contributed by atoms with Gasteiger partial charge in [0.05, 0.1) is 6.10 Å². The van der Waals surface area contributed by atoms with Gasteiger partial charge in [-0.25, -0.2) is 0 Å². The van der Waals surface area contributed by atoms with Gasteiger partial charge in [0.15, 0.2) is 0 Å². The summed E-state index contributed by atoms with van der Waals surface area (Å²) in [5, 5.41) is 0. The molecule has 0 amide bonds. The molecule has 1 saturated heterocycles. The topological polar surface area (TPSA) is 9.23 Å². The summed E-state index contributed by atoms with van der Waals surface area (Å²) in [4.78, 5) is 0. The first-order chi connectivity index (χ1) is 5.33. The summed E-state index contributed by atoms with van der Waals surface area (Å²) >= 11 is 0. The molecule has 1 heterocycles. The van der Waals surface area contributed by atoms with Crippen LogP contribution in [0.2, 0.25) is 0 Å². The molecule has 1 rings (SSSR count). The maximum atomic E-state index is 5.63. The normalized spacial score (nSPS) is 27.3. The molecule has 0 aromatic carbocycles. The molecule has 1 fully saturated rings. The fraction of sp³-hybridized carbons (Fsp3) is 0.900. The fourth-order valence-electron chi connectivity index (χ4n) is 1.57. The van der Waals surface area contributed by atoms with Gasteiger partial charge >= 0.3 is 0 Å². The number of hydrogen-bond acceptors (Lipinski definition) is 1. The van der Waals surface area contributed by atoms with Gasteiger partial charge in [-0.05, 0) is 25.2 Å². The molecule has 1 heteroatoms. The smallest absolute Gasteiger partial charge is 0.0580 e. The van der Waals surface area contributed by atoms with Crippen LogP contribution in [0.4, 0.5) is 0 Å². The molecular formula is C10H19O. The van der Waals surface area contributed by atoms with Gasteiger partial charge in [0, 0.05) is 6.61 Å². The van der Waals surface area contributed by atoms with E-state index in [9.17, 15) is 0 Å². The zero-order chi connectivity index (χ0) is 8.10. The molecule has 65 valence electrons. The minimum absolute atomic E-state index is 0.545. The fourth-order valence-corrected chi connectivity index (χ4v) is 1.57. The summed E-state index contributed by atoms with van der Waals surface area (Å²) < 4.78 is 5.63. The lowest BCUT2D eigenvalue weighted by Gasteiger charge is -2.26. The van der Waals surface area contributed by atoms with Crippen LogP contribution in [-0.4, -0.2) is 12.7 Å². The quantitative estimate of drug-likeness (QED) is 0.609. The van der Waals surface area contributed by atoms with Crippen molar-refractivity contribution in [2.24, 2.45) is 0 Å². The highest BCUT2D eigenvalue weighted by Crippen LogP contribution is 2.24. The predicted molar refractivity (Wildman–Crippen MR) is 47.4 cm³/mol. The first-order valence-corrected chi connectivity index (χ1v) is 4.76. The van der Waals surface area contributed by atoms with E-state index in [2.05, 4.69) is 13.8 Å². The van der Waals surface area contributed by atoms with Gasteiger partial charge in [-0.15, -0.1) is 0 Å². The molecule has 0 spiro atoms. The largest absolute Gasteiger partial charge is 0.378 e. The lowest BCUT2D eigenvalue weighted by Crippen LogP contribution is -2.22. The molecule has 1 radical (unpaired) electrons. The standard InChI is InChI=1S/C10H19O/c1-3-4-5-10-8-9(2)6-7-11-10/h10H,3-8H2,1-2H3. The summed E-state index contributed by atoms with van der Waals surface area (Å²) in [5.41, 5.74) is 0. The summed E-state index contributed by atoms with van der Waals surface area (Å²) in [6, 6.07) is 0. The molecule has 11 heavy (non-hydrogen) atoms. The molecule has 1 unspecified atom stereocenters. The summed E-state index contributed by atoms with van der Waals surface area (Å²) in [7, 11) is 0. The van der Waals surface area contributed by atoms with E-state index in [1.807, 2.05) is 0 Å². The monoisotopic (exact) mass is 155 g/mol. The van der Waals surface area contributed by atoms with E-state index in [4.69, 9.17) is 4.74 Å². The summed E-state index contributed by atoms with van der Waals surface area (Å²) in [6.07, 6.45) is 6.80. The van der Waals surface area contributed by atoms with Gasteiger partial charge in [0.2, 0.25) is 0 Å². The molecule has 0 N–H and O–H groups in total. The maximum Gasteiger partial charge on any atom is 0.0580 e. The van der Waals surface area contributed by atoms with Gasteiger partial charge in [0.25, 0.3) is 0 Å². The van der Waals surface area contributed by atoms with E-state index in [1.54, 1.807) is 5.92 Å². The number of rotatable bonds is 3. The average molecular weight is 155 g/mol. The lowest BCUT2D eigenvalue weighted by molar-refractivity contribution is 0.0195. The number of ether oxygens (including phenoxy) is 1. The zero-order valence-electron chi connectivity index (χ0n) is 7.73. The van der Waals surface area contributed by atoms with E-state index >= 15 is 0 Å². The van der Waals surface area contributed by atoms with Crippen LogP contribution in [0.3, 0.4) is 0 Å². The van der Waals surface area contributed by atoms with Crippen LogP contribution in [0.25, 0.3) is 0 Å². The summed E-state index contributed by atoms with van der Waals surface area (Å²) in [5.74, 6) is 1.62. The second-order valence-electron chi connectivity index (χ2n) is 3.55. The SMILES string of the molecule is CCCCC1C[C](C)CCO1. The zero-order valence-corrected chi connectivity index (χ0v) is 7.73. The molecule has 0 saturated carbocycles. The van der Waals surface area contributed by atoms with Crippen molar-refractivity contribution in [1.82, 2.24) is 0 Å². The molecule has 0 aromatic heterocycles. The highest BCUT2D eigenvalue weighted by atomic mass is 16.5.